The Morgan fingerprint density at radius 2 is 1.89 bits per heavy atom. The molecule has 5 nitrogen and oxygen atoms in total. The molecule has 4 rings (SSSR count). The molecule has 0 bridgehead atoms. The molecule has 0 radical (unpaired) electrons. The summed E-state index contributed by atoms with van der Waals surface area (Å²) in [4.78, 5) is 30.2. The van der Waals surface area contributed by atoms with Gasteiger partial charge in [0.25, 0.3) is 5.56 Å². The number of thioether (sulfide) groups is 1. The van der Waals surface area contributed by atoms with Crippen molar-refractivity contribution in [3.8, 4) is 0 Å². The topological polar surface area (TPSA) is 64.0 Å². The van der Waals surface area contributed by atoms with E-state index in [-0.39, 0.29) is 16.7 Å². The number of amides is 1. The van der Waals surface area contributed by atoms with Crippen LogP contribution in [0.3, 0.4) is 0 Å². The number of para-hydroxylation sites is 1. The molecule has 1 aliphatic carbocycles. The smallest absolute Gasteiger partial charge is 0.262 e. The van der Waals surface area contributed by atoms with Gasteiger partial charge in [-0.1, -0.05) is 54.2 Å². The number of benzene rings is 2. The maximum atomic E-state index is 13.1. The molecule has 1 heterocycles. The number of aromatic nitrogens is 2. The summed E-state index contributed by atoms with van der Waals surface area (Å²) in [5.41, 5.74) is 1.60. The van der Waals surface area contributed by atoms with Crippen molar-refractivity contribution in [2.45, 2.75) is 42.8 Å². The van der Waals surface area contributed by atoms with E-state index in [1.807, 2.05) is 55.5 Å². The third-order valence-corrected chi connectivity index (χ3v) is 5.68. The van der Waals surface area contributed by atoms with Gasteiger partial charge in [0.15, 0.2) is 5.16 Å². The third-order valence-electron chi connectivity index (χ3n) is 4.59. The van der Waals surface area contributed by atoms with Gasteiger partial charge in [0.2, 0.25) is 5.91 Å². The highest BCUT2D eigenvalue weighted by Crippen LogP contribution is 2.25. The first-order valence-electron chi connectivity index (χ1n) is 9.12. The quantitative estimate of drug-likeness (QED) is 0.528. The van der Waals surface area contributed by atoms with Crippen molar-refractivity contribution in [2.75, 3.05) is 0 Å². The average Bonchev–Trinajstić information content (AvgIpc) is 3.49. The van der Waals surface area contributed by atoms with Gasteiger partial charge in [-0.3, -0.25) is 14.2 Å². The summed E-state index contributed by atoms with van der Waals surface area (Å²) >= 11 is 1.34. The summed E-state index contributed by atoms with van der Waals surface area (Å²) < 4.78 is 1.67. The lowest BCUT2D eigenvalue weighted by Gasteiger charge is -2.16. The van der Waals surface area contributed by atoms with Crippen molar-refractivity contribution in [3.63, 3.8) is 0 Å². The van der Waals surface area contributed by atoms with E-state index in [4.69, 9.17) is 4.98 Å². The first-order valence-corrected chi connectivity index (χ1v) is 10.0. The van der Waals surface area contributed by atoms with E-state index >= 15 is 0 Å². The number of carbonyl (C=O) groups excluding carboxylic acids is 1. The molecule has 1 atom stereocenters. The van der Waals surface area contributed by atoms with Crippen molar-refractivity contribution in [1.29, 1.82) is 0 Å². The minimum atomic E-state index is -0.319. The molecule has 138 valence electrons. The highest BCUT2D eigenvalue weighted by molar-refractivity contribution is 8.00. The minimum Gasteiger partial charge on any atom is -0.352 e. The molecule has 1 aliphatic rings. The fourth-order valence-electron chi connectivity index (χ4n) is 2.90. The minimum absolute atomic E-state index is 0.00355. The van der Waals surface area contributed by atoms with Crippen molar-refractivity contribution in [1.82, 2.24) is 14.9 Å². The molecule has 1 aromatic heterocycles. The Hall–Kier alpha value is -2.60. The average molecular weight is 379 g/mol. The maximum Gasteiger partial charge on any atom is 0.262 e. The summed E-state index contributed by atoms with van der Waals surface area (Å²) in [6.07, 6.45) is 2.10. The molecular weight excluding hydrogens is 358 g/mol. The molecule has 0 saturated heterocycles. The van der Waals surface area contributed by atoms with Crippen molar-refractivity contribution in [3.05, 3.63) is 70.5 Å². The predicted octanol–water partition coefficient (Wildman–Crippen LogP) is 3.20. The second-order valence-electron chi connectivity index (χ2n) is 6.83. The third kappa shape index (κ3) is 4.06. The van der Waals surface area contributed by atoms with E-state index in [1.165, 1.54) is 11.8 Å². The summed E-state index contributed by atoms with van der Waals surface area (Å²) in [5.74, 6) is -0.00355. The summed E-state index contributed by atoms with van der Waals surface area (Å²) in [5, 5.41) is 3.86. The number of carbonyl (C=O) groups is 1. The van der Waals surface area contributed by atoms with Gasteiger partial charge in [0.05, 0.1) is 22.7 Å². The Bertz CT molecular complexity index is 1030. The Labute approximate surface area is 161 Å². The zero-order chi connectivity index (χ0) is 18.8. The summed E-state index contributed by atoms with van der Waals surface area (Å²) in [6.45, 7) is 2.29. The van der Waals surface area contributed by atoms with E-state index < -0.39 is 0 Å². The van der Waals surface area contributed by atoms with Crippen LogP contribution in [-0.2, 0) is 11.3 Å². The molecule has 6 heteroatoms. The van der Waals surface area contributed by atoms with E-state index in [0.717, 1.165) is 18.4 Å². The van der Waals surface area contributed by atoms with Crippen LogP contribution in [0.25, 0.3) is 10.9 Å². The SMILES string of the molecule is CC(Sc1nc2ccccc2c(=O)n1Cc1ccccc1)C(=O)NC1CC1. The molecule has 1 N–H and O–H groups in total. The van der Waals surface area contributed by atoms with Gasteiger partial charge < -0.3 is 5.32 Å². The number of rotatable bonds is 6. The van der Waals surface area contributed by atoms with Crippen LogP contribution in [0.5, 0.6) is 0 Å². The van der Waals surface area contributed by atoms with Crippen LogP contribution in [-0.4, -0.2) is 26.8 Å². The molecule has 1 unspecified atom stereocenters. The van der Waals surface area contributed by atoms with Crippen LogP contribution < -0.4 is 10.9 Å². The van der Waals surface area contributed by atoms with Gasteiger partial charge in [0.1, 0.15) is 0 Å². The largest absolute Gasteiger partial charge is 0.352 e. The highest BCUT2D eigenvalue weighted by atomic mass is 32.2. The number of nitrogens with zero attached hydrogens (tertiary/aromatic N) is 2. The zero-order valence-electron chi connectivity index (χ0n) is 15.1. The molecule has 1 amide bonds. The number of hydrogen-bond donors (Lipinski definition) is 1. The van der Waals surface area contributed by atoms with Crippen LogP contribution in [0.15, 0.2) is 64.5 Å². The lowest BCUT2D eigenvalue weighted by atomic mass is 10.2. The Morgan fingerprint density at radius 1 is 1.19 bits per heavy atom. The van der Waals surface area contributed by atoms with E-state index in [0.29, 0.717) is 28.6 Å². The molecule has 1 saturated carbocycles. The van der Waals surface area contributed by atoms with Gasteiger partial charge in [-0.15, -0.1) is 0 Å². The standard InChI is InChI=1S/C21H21N3O2S/c1-14(19(25)22-16-11-12-16)27-21-23-18-10-6-5-9-17(18)20(26)24(21)13-15-7-3-2-4-8-15/h2-10,14,16H,11-13H2,1H3,(H,22,25). The first-order chi connectivity index (χ1) is 13.1. The van der Waals surface area contributed by atoms with Crippen molar-refractivity contribution >= 4 is 28.6 Å². The second kappa shape index (κ2) is 7.56. The van der Waals surface area contributed by atoms with Crippen LogP contribution in [0.4, 0.5) is 0 Å². The summed E-state index contributed by atoms with van der Waals surface area (Å²) in [7, 11) is 0. The molecule has 1 fully saturated rings. The molecule has 2 aromatic carbocycles. The van der Waals surface area contributed by atoms with Crippen LogP contribution in [0, 0.1) is 0 Å². The first kappa shape index (κ1) is 17.8. The summed E-state index contributed by atoms with van der Waals surface area (Å²) in [6, 6.07) is 17.5. The second-order valence-corrected chi connectivity index (χ2v) is 8.14. The Balaban J connectivity index is 1.71. The molecular formula is C21H21N3O2S. The number of hydrogen-bond acceptors (Lipinski definition) is 4. The Morgan fingerprint density at radius 3 is 2.63 bits per heavy atom. The molecule has 0 spiro atoms. The van der Waals surface area contributed by atoms with Crippen LogP contribution >= 0.6 is 11.8 Å². The van der Waals surface area contributed by atoms with Gasteiger partial charge in [0, 0.05) is 6.04 Å². The normalized spacial score (nSPS) is 14.9. The Kier molecular flexibility index (Phi) is 4.99. The van der Waals surface area contributed by atoms with E-state index in [1.54, 1.807) is 10.6 Å². The number of nitrogens with one attached hydrogen (secondary N) is 1. The van der Waals surface area contributed by atoms with Crippen LogP contribution in [0.2, 0.25) is 0 Å². The predicted molar refractivity (Wildman–Crippen MR) is 108 cm³/mol. The van der Waals surface area contributed by atoms with Gasteiger partial charge in [-0.2, -0.15) is 0 Å². The van der Waals surface area contributed by atoms with E-state index in [9.17, 15) is 9.59 Å². The lowest BCUT2D eigenvalue weighted by molar-refractivity contribution is -0.120. The van der Waals surface area contributed by atoms with Gasteiger partial charge in [-0.05, 0) is 37.5 Å². The maximum absolute atomic E-state index is 13.1. The van der Waals surface area contributed by atoms with Crippen molar-refractivity contribution < 1.29 is 4.79 Å². The zero-order valence-corrected chi connectivity index (χ0v) is 15.9. The molecule has 0 aliphatic heterocycles. The fourth-order valence-corrected chi connectivity index (χ4v) is 3.82. The van der Waals surface area contributed by atoms with E-state index in [2.05, 4.69) is 5.32 Å². The van der Waals surface area contributed by atoms with Gasteiger partial charge >= 0.3 is 0 Å². The van der Waals surface area contributed by atoms with Crippen LogP contribution in [0.1, 0.15) is 25.3 Å². The highest BCUT2D eigenvalue weighted by Gasteiger charge is 2.27. The molecule has 3 aromatic rings. The van der Waals surface area contributed by atoms with Gasteiger partial charge in [-0.25, -0.2) is 4.98 Å². The number of fused-ring (bicyclic) bond motifs is 1. The molecule has 27 heavy (non-hydrogen) atoms. The monoisotopic (exact) mass is 379 g/mol. The van der Waals surface area contributed by atoms with Crippen molar-refractivity contribution in [2.24, 2.45) is 0 Å². The lowest BCUT2D eigenvalue weighted by Crippen LogP contribution is -2.33. The fraction of sp³-hybridized carbons (Fsp3) is 0.286.